The number of aliphatic hydroxyl groups excluding tert-OH is 1. The number of thioether (sulfide) groups is 1. The van der Waals surface area contributed by atoms with Gasteiger partial charge in [-0.25, -0.2) is 0 Å². The Morgan fingerprint density at radius 3 is 2.69 bits per heavy atom. The third kappa shape index (κ3) is 3.57. The van der Waals surface area contributed by atoms with Gasteiger partial charge in [-0.3, -0.25) is 0 Å². The predicted molar refractivity (Wildman–Crippen MR) is 126 cm³/mol. The molecule has 5 rings (SSSR count). The minimum absolute atomic E-state index is 0.172. The second-order valence-electron chi connectivity index (χ2n) is 10.8. The molecule has 1 nitrogen and oxygen atoms in total. The SMILES string of the molecule is C[C@@]12CCC[C@H]1[C@@H]1CC=C3C[C@@H](O)C(CSc4ccc(Br)cc4)C[C@]3(C)[C@H]1CC2. The van der Waals surface area contributed by atoms with Crippen molar-refractivity contribution in [3.05, 3.63) is 40.4 Å². The summed E-state index contributed by atoms with van der Waals surface area (Å²) in [6, 6.07) is 8.62. The van der Waals surface area contributed by atoms with Crippen molar-refractivity contribution in [1.82, 2.24) is 0 Å². The van der Waals surface area contributed by atoms with E-state index in [2.05, 4.69) is 60.1 Å². The van der Waals surface area contributed by atoms with E-state index in [0.717, 1.165) is 34.4 Å². The Labute approximate surface area is 189 Å². The molecule has 0 radical (unpaired) electrons. The van der Waals surface area contributed by atoms with Crippen molar-refractivity contribution in [2.75, 3.05) is 5.75 Å². The van der Waals surface area contributed by atoms with E-state index in [1.54, 1.807) is 5.57 Å². The fourth-order valence-electron chi connectivity index (χ4n) is 7.73. The van der Waals surface area contributed by atoms with Crippen LogP contribution in [0.25, 0.3) is 0 Å². The zero-order valence-corrected chi connectivity index (χ0v) is 20.3. The zero-order chi connectivity index (χ0) is 20.2. The maximum atomic E-state index is 11.0. The molecule has 1 N–H and O–H groups in total. The summed E-state index contributed by atoms with van der Waals surface area (Å²) in [6.45, 7) is 5.15. The van der Waals surface area contributed by atoms with E-state index in [0.29, 0.717) is 16.7 Å². The van der Waals surface area contributed by atoms with Crippen molar-refractivity contribution < 1.29 is 5.11 Å². The van der Waals surface area contributed by atoms with Crippen LogP contribution >= 0.6 is 27.7 Å². The Balaban J connectivity index is 1.34. The van der Waals surface area contributed by atoms with Gasteiger partial charge >= 0.3 is 0 Å². The quantitative estimate of drug-likeness (QED) is 0.361. The van der Waals surface area contributed by atoms with E-state index < -0.39 is 0 Å². The molecule has 0 heterocycles. The van der Waals surface area contributed by atoms with Crippen molar-refractivity contribution in [1.29, 1.82) is 0 Å². The molecule has 0 amide bonds. The minimum Gasteiger partial charge on any atom is -0.392 e. The van der Waals surface area contributed by atoms with Crippen molar-refractivity contribution in [2.45, 2.75) is 76.2 Å². The third-order valence-corrected chi connectivity index (χ3v) is 11.1. The first-order valence-corrected chi connectivity index (χ1v) is 13.4. The summed E-state index contributed by atoms with van der Waals surface area (Å²) in [6.07, 6.45) is 13.0. The van der Waals surface area contributed by atoms with Crippen molar-refractivity contribution in [2.24, 2.45) is 34.5 Å². The number of benzene rings is 1. The summed E-state index contributed by atoms with van der Waals surface area (Å²) >= 11 is 5.45. The molecule has 0 bridgehead atoms. The first-order chi connectivity index (χ1) is 13.9. The number of aliphatic hydroxyl groups is 1. The Kier molecular flexibility index (Phi) is 5.49. The molecule has 7 atom stereocenters. The smallest absolute Gasteiger partial charge is 0.0614 e. The highest BCUT2D eigenvalue weighted by atomic mass is 79.9. The lowest BCUT2D eigenvalue weighted by Crippen LogP contribution is -2.51. The van der Waals surface area contributed by atoms with Crippen LogP contribution in [0.4, 0.5) is 0 Å². The Hall–Kier alpha value is -0.250. The van der Waals surface area contributed by atoms with Gasteiger partial charge in [0, 0.05) is 15.1 Å². The van der Waals surface area contributed by atoms with Gasteiger partial charge in [0.05, 0.1) is 6.10 Å². The van der Waals surface area contributed by atoms with Crippen LogP contribution in [0.2, 0.25) is 0 Å². The van der Waals surface area contributed by atoms with Crippen molar-refractivity contribution in [3.8, 4) is 0 Å². The van der Waals surface area contributed by atoms with Crippen molar-refractivity contribution >= 4 is 27.7 Å². The lowest BCUT2D eigenvalue weighted by Gasteiger charge is -2.58. The highest BCUT2D eigenvalue weighted by molar-refractivity contribution is 9.10. The monoisotopic (exact) mass is 474 g/mol. The maximum absolute atomic E-state index is 11.0. The van der Waals surface area contributed by atoms with E-state index in [9.17, 15) is 5.11 Å². The van der Waals surface area contributed by atoms with Gasteiger partial charge in [0.25, 0.3) is 0 Å². The second-order valence-corrected chi connectivity index (χ2v) is 12.9. The molecule has 0 spiro atoms. The Bertz CT molecular complexity index is 788. The lowest BCUT2D eigenvalue weighted by molar-refractivity contribution is -0.0492. The molecule has 3 fully saturated rings. The molecule has 4 aliphatic carbocycles. The molecular formula is C26H35BrOS. The van der Waals surface area contributed by atoms with Crippen LogP contribution in [0.5, 0.6) is 0 Å². The largest absolute Gasteiger partial charge is 0.392 e. The average Bonchev–Trinajstić information content (AvgIpc) is 3.10. The number of hydrogen-bond acceptors (Lipinski definition) is 2. The fourth-order valence-corrected chi connectivity index (χ4v) is 9.07. The topological polar surface area (TPSA) is 20.2 Å². The number of allylic oxidation sites excluding steroid dienone is 1. The summed E-state index contributed by atoms with van der Waals surface area (Å²) in [5, 5.41) is 11.0. The van der Waals surface area contributed by atoms with Gasteiger partial charge in [-0.05, 0) is 104 Å². The first kappa shape index (κ1) is 20.6. The number of fused-ring (bicyclic) bond motifs is 5. The van der Waals surface area contributed by atoms with Crippen LogP contribution in [-0.2, 0) is 0 Å². The van der Waals surface area contributed by atoms with Crippen LogP contribution in [0, 0.1) is 34.5 Å². The van der Waals surface area contributed by atoms with Crippen LogP contribution < -0.4 is 0 Å². The lowest BCUT2D eigenvalue weighted by atomic mass is 9.47. The van der Waals surface area contributed by atoms with Gasteiger partial charge in [0.15, 0.2) is 0 Å². The Morgan fingerprint density at radius 2 is 1.90 bits per heavy atom. The van der Waals surface area contributed by atoms with Gasteiger partial charge in [-0.1, -0.05) is 47.8 Å². The van der Waals surface area contributed by atoms with Crippen LogP contribution in [-0.4, -0.2) is 17.0 Å². The highest BCUT2D eigenvalue weighted by Crippen LogP contribution is 2.65. The number of hydrogen-bond donors (Lipinski definition) is 1. The van der Waals surface area contributed by atoms with E-state index in [1.165, 1.54) is 49.8 Å². The summed E-state index contributed by atoms with van der Waals surface area (Å²) in [5.74, 6) is 4.11. The average molecular weight is 476 g/mol. The highest BCUT2D eigenvalue weighted by Gasteiger charge is 2.56. The second kappa shape index (κ2) is 7.71. The number of halogens is 1. The van der Waals surface area contributed by atoms with Gasteiger partial charge in [-0.15, -0.1) is 11.8 Å². The molecule has 1 aromatic carbocycles. The van der Waals surface area contributed by atoms with Crippen LogP contribution in [0.15, 0.2) is 45.3 Å². The zero-order valence-electron chi connectivity index (χ0n) is 17.9. The normalized spacial score (nSPS) is 43.9. The molecule has 1 unspecified atom stereocenters. The molecule has 1 aromatic rings. The summed E-state index contributed by atoms with van der Waals surface area (Å²) in [7, 11) is 0. The maximum Gasteiger partial charge on any atom is 0.0614 e. The predicted octanol–water partition coefficient (Wildman–Crippen LogP) is 7.48. The van der Waals surface area contributed by atoms with Crippen molar-refractivity contribution in [3.63, 3.8) is 0 Å². The molecule has 0 saturated heterocycles. The molecule has 158 valence electrons. The number of rotatable bonds is 3. The molecular weight excluding hydrogens is 440 g/mol. The van der Waals surface area contributed by atoms with Gasteiger partial charge in [0.1, 0.15) is 0 Å². The Morgan fingerprint density at radius 1 is 1.10 bits per heavy atom. The molecule has 29 heavy (non-hydrogen) atoms. The molecule has 3 saturated carbocycles. The van der Waals surface area contributed by atoms with E-state index >= 15 is 0 Å². The molecule has 3 heteroatoms. The van der Waals surface area contributed by atoms with E-state index in [-0.39, 0.29) is 6.10 Å². The summed E-state index contributed by atoms with van der Waals surface area (Å²) in [5.41, 5.74) is 2.53. The van der Waals surface area contributed by atoms with Gasteiger partial charge in [-0.2, -0.15) is 0 Å². The fraction of sp³-hybridized carbons (Fsp3) is 0.692. The molecule has 4 aliphatic rings. The summed E-state index contributed by atoms with van der Waals surface area (Å²) in [4.78, 5) is 1.31. The van der Waals surface area contributed by atoms with Gasteiger partial charge < -0.3 is 5.11 Å². The standard InChI is InChI=1S/C26H35BrOS/c1-25-12-3-4-22(25)21-10-5-18-14-24(28)17(15-26(18,2)23(21)11-13-25)16-29-20-8-6-19(27)7-9-20/h5-9,17,21-24,28H,3-4,10-16H2,1-2H3/t17?,21-,22-,23-,24+,25-,26-/m0/s1. The molecule has 0 aliphatic heterocycles. The first-order valence-electron chi connectivity index (χ1n) is 11.6. The third-order valence-electron chi connectivity index (χ3n) is 9.34. The molecule has 0 aromatic heterocycles. The van der Waals surface area contributed by atoms with E-state index in [1.807, 2.05) is 11.8 Å². The van der Waals surface area contributed by atoms with Crippen LogP contribution in [0.3, 0.4) is 0 Å². The van der Waals surface area contributed by atoms with Gasteiger partial charge in [0.2, 0.25) is 0 Å². The minimum atomic E-state index is -0.172. The van der Waals surface area contributed by atoms with Crippen LogP contribution in [0.1, 0.15) is 65.2 Å². The summed E-state index contributed by atoms with van der Waals surface area (Å²) < 4.78 is 1.13. The van der Waals surface area contributed by atoms with E-state index in [4.69, 9.17) is 0 Å².